The molecule has 0 radical (unpaired) electrons. The van der Waals surface area contributed by atoms with Gasteiger partial charge in [0.2, 0.25) is 0 Å². The van der Waals surface area contributed by atoms with Crippen LogP contribution in [0, 0.1) is 0 Å². The van der Waals surface area contributed by atoms with E-state index in [1.54, 1.807) is 10.9 Å². The number of carbonyl (C=O) groups excluding carboxylic acids is 3. The van der Waals surface area contributed by atoms with E-state index in [1.807, 2.05) is 81.4 Å². The number of esters is 2. The highest BCUT2D eigenvalue weighted by molar-refractivity contribution is 5.97. The van der Waals surface area contributed by atoms with Gasteiger partial charge in [-0.2, -0.15) is 0 Å². The average molecular weight is 659 g/mol. The molecule has 2 aromatic heterocycles. The lowest BCUT2D eigenvalue weighted by Gasteiger charge is -2.24. The van der Waals surface area contributed by atoms with Crippen LogP contribution in [0.25, 0.3) is 11.2 Å². The van der Waals surface area contributed by atoms with Gasteiger partial charge in [0.05, 0.1) is 12.4 Å². The van der Waals surface area contributed by atoms with Crippen molar-refractivity contribution >= 4 is 35.0 Å². The van der Waals surface area contributed by atoms with E-state index in [1.165, 1.54) is 6.33 Å². The Morgan fingerprint density at radius 3 is 2.27 bits per heavy atom. The predicted molar refractivity (Wildman–Crippen MR) is 171 cm³/mol. The molecule has 6 rings (SSSR count). The zero-order valence-electron chi connectivity index (χ0n) is 26.9. The molecule has 252 valence electrons. The number of benzene rings is 2. The van der Waals surface area contributed by atoms with Crippen LogP contribution in [0.1, 0.15) is 57.4 Å². The highest BCUT2D eigenvalue weighted by Crippen LogP contribution is 2.44. The van der Waals surface area contributed by atoms with E-state index in [2.05, 4.69) is 25.6 Å². The summed E-state index contributed by atoms with van der Waals surface area (Å²) in [6.07, 6.45) is 2.00. The van der Waals surface area contributed by atoms with E-state index in [-0.39, 0.29) is 50.2 Å². The maximum atomic E-state index is 13.3. The summed E-state index contributed by atoms with van der Waals surface area (Å²) < 4.78 is 31.2. The third-order valence-electron chi connectivity index (χ3n) is 8.09. The first-order chi connectivity index (χ1) is 23.2. The quantitative estimate of drug-likeness (QED) is 0.207. The minimum Gasteiger partial charge on any atom is -0.461 e. The van der Waals surface area contributed by atoms with Gasteiger partial charge in [-0.15, -0.1) is 0 Å². The molecule has 2 fully saturated rings. The molecule has 2 aromatic carbocycles. The Kier molecular flexibility index (Phi) is 9.94. The van der Waals surface area contributed by atoms with Gasteiger partial charge in [0.1, 0.15) is 37.8 Å². The number of hydrogen-bond acceptors (Lipinski definition) is 11. The van der Waals surface area contributed by atoms with E-state index in [9.17, 15) is 14.4 Å². The van der Waals surface area contributed by atoms with Gasteiger partial charge >= 0.3 is 18.0 Å². The lowest BCUT2D eigenvalue weighted by atomic mass is 10.1. The topological polar surface area (TPSA) is 165 Å². The molecule has 0 aliphatic carbocycles. The van der Waals surface area contributed by atoms with E-state index in [0.717, 1.165) is 17.5 Å². The number of carbonyl (C=O) groups is 3. The highest BCUT2D eigenvalue weighted by Gasteiger charge is 2.55. The van der Waals surface area contributed by atoms with Crippen molar-refractivity contribution < 1.29 is 38.1 Å². The number of urea groups is 1. The molecule has 4 aromatic rings. The van der Waals surface area contributed by atoms with Crippen molar-refractivity contribution in [1.29, 1.82) is 0 Å². The normalized spacial score (nSPS) is 21.7. The molecule has 14 nitrogen and oxygen atoms in total. The molecule has 2 amide bonds. The third kappa shape index (κ3) is 7.62. The molecular formula is C34H38N6O8. The van der Waals surface area contributed by atoms with Crippen molar-refractivity contribution in [3.05, 3.63) is 84.4 Å². The number of aromatic nitrogens is 4. The summed E-state index contributed by atoms with van der Waals surface area (Å²) in [6.45, 7) is 5.84. The molecule has 0 unspecified atom stereocenters. The summed E-state index contributed by atoms with van der Waals surface area (Å²) >= 11 is 0. The summed E-state index contributed by atoms with van der Waals surface area (Å²) in [5, 5.41) is 5.29. The zero-order chi connectivity index (χ0) is 33.7. The zero-order valence-corrected chi connectivity index (χ0v) is 26.9. The second-order valence-corrected chi connectivity index (χ2v) is 12.0. The van der Waals surface area contributed by atoms with Gasteiger partial charge in [0.25, 0.3) is 0 Å². The van der Waals surface area contributed by atoms with Crippen LogP contribution < -0.4 is 10.6 Å². The lowest BCUT2D eigenvalue weighted by Crippen LogP contribution is -2.44. The number of ether oxygens (including phenoxy) is 5. The molecule has 4 heterocycles. The summed E-state index contributed by atoms with van der Waals surface area (Å²) in [6, 6.07) is 16.5. The SMILES string of the molecule is CC[C@H]1O[C@@H](n2cnc3c(NC(=O)N[C@@H](CCC(=O)OCc4ccccc4)C(=O)OCc4ccccc4)ncnc32)[C@@H]2OC(C)(C)O[C@@H]21. The first kappa shape index (κ1) is 33.0. The van der Waals surface area contributed by atoms with Crippen LogP contribution in [0.3, 0.4) is 0 Å². The maximum absolute atomic E-state index is 13.3. The fourth-order valence-electron chi connectivity index (χ4n) is 5.79. The van der Waals surface area contributed by atoms with Gasteiger partial charge < -0.3 is 29.0 Å². The number of nitrogens with zero attached hydrogens (tertiary/aromatic N) is 4. The number of imidazole rings is 1. The van der Waals surface area contributed by atoms with Crippen LogP contribution in [0.2, 0.25) is 0 Å². The fourth-order valence-corrected chi connectivity index (χ4v) is 5.79. The van der Waals surface area contributed by atoms with E-state index in [4.69, 9.17) is 23.7 Å². The van der Waals surface area contributed by atoms with Crippen molar-refractivity contribution in [2.45, 2.75) is 89.6 Å². The van der Waals surface area contributed by atoms with Crippen molar-refractivity contribution in [3.8, 4) is 0 Å². The van der Waals surface area contributed by atoms with E-state index in [0.29, 0.717) is 11.2 Å². The number of rotatable bonds is 12. The monoisotopic (exact) mass is 658 g/mol. The predicted octanol–water partition coefficient (Wildman–Crippen LogP) is 4.41. The summed E-state index contributed by atoms with van der Waals surface area (Å²) in [5.41, 5.74) is 2.32. The van der Waals surface area contributed by atoms with Crippen LogP contribution in [-0.4, -0.2) is 67.6 Å². The largest absolute Gasteiger partial charge is 0.461 e. The molecule has 0 saturated carbocycles. The van der Waals surface area contributed by atoms with Gasteiger partial charge in [0.15, 0.2) is 29.0 Å². The second kappa shape index (κ2) is 14.5. The second-order valence-electron chi connectivity index (χ2n) is 12.0. The molecule has 2 N–H and O–H groups in total. The number of amides is 2. The molecule has 14 heteroatoms. The molecular weight excluding hydrogens is 620 g/mol. The number of fused-ring (bicyclic) bond motifs is 2. The minimum absolute atomic E-state index is 0.00217. The Hall–Kier alpha value is -4.92. The van der Waals surface area contributed by atoms with E-state index >= 15 is 0 Å². The van der Waals surface area contributed by atoms with Crippen LogP contribution in [0.4, 0.5) is 10.6 Å². The first-order valence-electron chi connectivity index (χ1n) is 15.9. The smallest absolute Gasteiger partial charge is 0.329 e. The minimum atomic E-state index is -1.16. The Morgan fingerprint density at radius 1 is 0.917 bits per heavy atom. The van der Waals surface area contributed by atoms with Gasteiger partial charge in [-0.05, 0) is 37.8 Å². The molecule has 48 heavy (non-hydrogen) atoms. The van der Waals surface area contributed by atoms with Crippen LogP contribution in [-0.2, 0) is 46.5 Å². The molecule has 2 aliphatic heterocycles. The van der Waals surface area contributed by atoms with Crippen LogP contribution in [0.5, 0.6) is 0 Å². The van der Waals surface area contributed by atoms with Gasteiger partial charge in [-0.3, -0.25) is 14.7 Å². The molecule has 0 bridgehead atoms. The Balaban J connectivity index is 1.13. The lowest BCUT2D eigenvalue weighted by molar-refractivity contribution is -0.196. The van der Waals surface area contributed by atoms with Crippen molar-refractivity contribution in [3.63, 3.8) is 0 Å². The molecule has 5 atom stereocenters. The number of anilines is 1. The molecule has 2 aliphatic rings. The summed E-state index contributed by atoms with van der Waals surface area (Å²) in [4.78, 5) is 52.0. The van der Waals surface area contributed by atoms with Crippen LogP contribution >= 0.6 is 0 Å². The number of nitrogens with one attached hydrogen (secondary N) is 2. The first-order valence-corrected chi connectivity index (χ1v) is 15.9. The third-order valence-corrected chi connectivity index (χ3v) is 8.09. The summed E-state index contributed by atoms with van der Waals surface area (Å²) in [7, 11) is 0. The van der Waals surface area contributed by atoms with Crippen molar-refractivity contribution in [1.82, 2.24) is 24.8 Å². The highest BCUT2D eigenvalue weighted by atomic mass is 16.8. The Labute approximate surface area is 277 Å². The van der Waals surface area contributed by atoms with E-state index < -0.39 is 36.0 Å². The van der Waals surface area contributed by atoms with Crippen LogP contribution in [0.15, 0.2) is 73.3 Å². The molecule has 0 spiro atoms. The summed E-state index contributed by atoms with van der Waals surface area (Å²) in [5.74, 6) is -1.88. The van der Waals surface area contributed by atoms with Gasteiger partial charge in [-0.25, -0.2) is 24.5 Å². The fraction of sp³-hybridized carbons (Fsp3) is 0.412. The Bertz CT molecular complexity index is 1730. The van der Waals surface area contributed by atoms with Gasteiger partial charge in [0, 0.05) is 6.42 Å². The Morgan fingerprint density at radius 2 is 1.58 bits per heavy atom. The standard InChI is InChI=1S/C34H38N6O8/c1-4-24-27-28(48-34(2,3)47-27)31(46-24)40-20-37-26-29(35-19-36-30(26)40)39-33(43)38-23(32(42)45-18-22-13-9-6-10-14-22)15-16-25(41)44-17-21-11-7-5-8-12-21/h5-14,19-20,23-24,27-28,31H,4,15-18H2,1-3H3,(H2,35,36,38,39,43)/t23-,24+,27+,28+,31+/m0/s1. The number of hydrogen-bond donors (Lipinski definition) is 2. The van der Waals surface area contributed by atoms with Crippen molar-refractivity contribution in [2.75, 3.05) is 5.32 Å². The van der Waals surface area contributed by atoms with Crippen molar-refractivity contribution in [2.24, 2.45) is 0 Å². The van der Waals surface area contributed by atoms with Gasteiger partial charge in [-0.1, -0.05) is 67.6 Å². The molecule has 2 saturated heterocycles. The average Bonchev–Trinajstić information content (AvgIpc) is 3.76. The maximum Gasteiger partial charge on any atom is 0.329 e.